The number of para-hydroxylation sites is 2. The van der Waals surface area contributed by atoms with Gasteiger partial charge in [0.1, 0.15) is 34.6 Å². The van der Waals surface area contributed by atoms with Crippen LogP contribution in [0.25, 0.3) is 83.0 Å². The van der Waals surface area contributed by atoms with Gasteiger partial charge in [-0.15, -0.1) is 5.10 Å². The van der Waals surface area contributed by atoms with Crippen LogP contribution in [0.2, 0.25) is 0 Å². The zero-order chi connectivity index (χ0) is 42.2. The molecule has 0 spiro atoms. The van der Waals surface area contributed by atoms with Crippen LogP contribution in [0.5, 0.6) is 23.0 Å². The highest BCUT2D eigenvalue weighted by molar-refractivity contribution is 6.11. The van der Waals surface area contributed by atoms with Crippen LogP contribution in [0.15, 0.2) is 176 Å². The Labute approximate surface area is 346 Å². The summed E-state index contributed by atoms with van der Waals surface area (Å²) in [5, 5.41) is 14.6. The molecule has 0 bridgehead atoms. The van der Waals surface area contributed by atoms with Crippen molar-refractivity contribution in [3.05, 3.63) is 182 Å². The molecule has 10 heteroatoms. The van der Waals surface area contributed by atoms with Crippen LogP contribution in [-0.2, 0) is 0 Å². The van der Waals surface area contributed by atoms with Crippen molar-refractivity contribution in [1.82, 2.24) is 38.9 Å². The Morgan fingerprint density at radius 3 is 1.28 bits per heavy atom. The topological polar surface area (TPSA) is 97.7 Å². The SMILES string of the molecule is [2H]C([2H])([2H])c1cnnc(-n2c3cc(Oc4ccc5c6ccccc6n(-c6ccccn6)c5c4)ccc3c3ccc(Oc4ccc5c6ccccc6n(-c6ccccn6)c5c4)cc32)n1. The molecule has 0 radical (unpaired) electrons. The van der Waals surface area contributed by atoms with E-state index in [0.29, 0.717) is 34.0 Å². The number of fused-ring (bicyclic) bond motifs is 9. The fraction of sp³-hybridized carbons (Fsp3) is 0.0200. The van der Waals surface area contributed by atoms with Crippen LogP contribution >= 0.6 is 0 Å². The monoisotopic (exact) mass is 779 g/mol. The Morgan fingerprint density at radius 2 is 0.850 bits per heavy atom. The summed E-state index contributed by atoms with van der Waals surface area (Å²) < 4.78 is 43.6. The molecule has 0 aliphatic rings. The third-order valence-electron chi connectivity index (χ3n) is 11.0. The second kappa shape index (κ2) is 13.4. The second-order valence-corrected chi connectivity index (χ2v) is 14.5. The molecule has 6 heterocycles. The number of ether oxygens (including phenoxy) is 2. The van der Waals surface area contributed by atoms with E-state index in [9.17, 15) is 0 Å². The van der Waals surface area contributed by atoms with Crippen molar-refractivity contribution < 1.29 is 13.6 Å². The van der Waals surface area contributed by atoms with Crippen molar-refractivity contribution in [2.45, 2.75) is 6.85 Å². The molecule has 6 aromatic heterocycles. The number of hydrogen-bond acceptors (Lipinski definition) is 7. The van der Waals surface area contributed by atoms with Gasteiger partial charge in [0.15, 0.2) is 0 Å². The average molecular weight is 780 g/mol. The normalized spacial score (nSPS) is 12.7. The molecule has 284 valence electrons. The summed E-state index contributed by atoms with van der Waals surface area (Å²) >= 11 is 0. The van der Waals surface area contributed by atoms with E-state index in [1.54, 1.807) is 17.0 Å². The predicted octanol–water partition coefficient (Wildman–Crippen LogP) is 11.8. The summed E-state index contributed by atoms with van der Waals surface area (Å²) in [6.07, 6.45) is 4.75. The van der Waals surface area contributed by atoms with Gasteiger partial charge < -0.3 is 9.47 Å². The van der Waals surface area contributed by atoms with Gasteiger partial charge in [0, 0.05) is 73.1 Å². The van der Waals surface area contributed by atoms with Gasteiger partial charge in [-0.05, 0) is 91.8 Å². The van der Waals surface area contributed by atoms with Crippen LogP contribution in [0.1, 0.15) is 9.81 Å². The van der Waals surface area contributed by atoms with E-state index in [0.717, 1.165) is 66.0 Å². The number of benzene rings is 6. The minimum absolute atomic E-state index is 0.0977. The van der Waals surface area contributed by atoms with Gasteiger partial charge in [-0.25, -0.2) is 15.0 Å². The Hall–Kier alpha value is -8.37. The first-order valence-corrected chi connectivity index (χ1v) is 19.4. The zero-order valence-corrected chi connectivity index (χ0v) is 31.6. The van der Waals surface area contributed by atoms with E-state index in [4.69, 9.17) is 13.6 Å². The molecule has 12 rings (SSSR count). The summed E-state index contributed by atoms with van der Waals surface area (Å²) in [5.74, 6) is 4.06. The van der Waals surface area contributed by atoms with Crippen molar-refractivity contribution in [1.29, 1.82) is 0 Å². The summed E-state index contributed by atoms with van der Waals surface area (Å²) in [7, 11) is 0. The average Bonchev–Trinajstić information content (AvgIpc) is 3.94. The molecule has 12 aromatic rings. The van der Waals surface area contributed by atoms with Crippen LogP contribution in [0.3, 0.4) is 0 Å². The van der Waals surface area contributed by atoms with E-state index in [1.807, 2.05) is 121 Å². The molecular weight excluding hydrogens is 745 g/mol. The molecule has 0 atom stereocenters. The van der Waals surface area contributed by atoms with Crippen molar-refractivity contribution in [2.75, 3.05) is 0 Å². The lowest BCUT2D eigenvalue weighted by molar-refractivity contribution is 0.484. The molecule has 0 aliphatic carbocycles. The summed E-state index contributed by atoms with van der Waals surface area (Å²) in [4.78, 5) is 13.9. The number of aryl methyl sites for hydroxylation is 1. The molecule has 0 amide bonds. The van der Waals surface area contributed by atoms with E-state index in [2.05, 4.69) is 70.7 Å². The molecule has 6 aromatic carbocycles. The fourth-order valence-corrected chi connectivity index (χ4v) is 8.48. The maximum absolute atomic E-state index is 8.11. The van der Waals surface area contributed by atoms with Crippen molar-refractivity contribution in [2.24, 2.45) is 0 Å². The van der Waals surface area contributed by atoms with Gasteiger partial charge in [-0.2, -0.15) is 5.10 Å². The van der Waals surface area contributed by atoms with Gasteiger partial charge in [-0.1, -0.05) is 48.5 Å². The molecule has 0 saturated carbocycles. The molecular formula is C50H32N8O2. The summed E-state index contributed by atoms with van der Waals surface area (Å²) in [6.45, 7) is -2.50. The lowest BCUT2D eigenvalue weighted by atomic mass is 10.1. The zero-order valence-electron chi connectivity index (χ0n) is 34.6. The van der Waals surface area contributed by atoms with Crippen molar-refractivity contribution >= 4 is 65.4 Å². The molecule has 0 aliphatic heterocycles. The van der Waals surface area contributed by atoms with Gasteiger partial charge in [0.25, 0.3) is 5.95 Å². The standard InChI is InChI=1S/C50H32N8O2/c1-31-30-53-55-50(54-31)58-46-28-34(59-32-16-20-38-36-10-2-4-12-42(36)56(44(38)26-32)48-14-6-8-24-51-48)18-22-40(46)41-23-19-35(29-47(41)58)60-33-17-21-39-37-11-3-5-13-43(37)57(45(39)27-33)49-15-7-9-25-52-49/h2-30H,1H3/i1D3. The predicted molar refractivity (Wildman–Crippen MR) is 236 cm³/mol. The minimum atomic E-state index is -2.50. The number of rotatable bonds is 7. The molecule has 0 N–H and O–H groups in total. The Morgan fingerprint density at radius 1 is 0.433 bits per heavy atom. The number of aromatic nitrogens is 8. The van der Waals surface area contributed by atoms with E-state index in [-0.39, 0.29) is 11.6 Å². The highest BCUT2D eigenvalue weighted by Crippen LogP contribution is 2.40. The molecule has 0 saturated heterocycles. The maximum Gasteiger partial charge on any atom is 0.254 e. The van der Waals surface area contributed by atoms with Gasteiger partial charge in [-0.3, -0.25) is 13.7 Å². The quantitative estimate of drug-likeness (QED) is 0.159. The fourth-order valence-electron chi connectivity index (χ4n) is 8.48. The Kier molecular flexibility index (Phi) is 6.84. The second-order valence-electron chi connectivity index (χ2n) is 14.5. The van der Waals surface area contributed by atoms with E-state index >= 15 is 0 Å². The Balaban J connectivity index is 0.980. The molecule has 0 unspecified atom stereocenters. The lowest BCUT2D eigenvalue weighted by Gasteiger charge is -2.10. The molecule has 0 fully saturated rings. The number of nitrogens with zero attached hydrogens (tertiary/aromatic N) is 8. The van der Waals surface area contributed by atoms with Gasteiger partial charge in [0.05, 0.1) is 45.0 Å². The third-order valence-corrected chi connectivity index (χ3v) is 11.0. The van der Waals surface area contributed by atoms with Crippen molar-refractivity contribution in [3.8, 4) is 40.6 Å². The van der Waals surface area contributed by atoms with E-state index in [1.165, 1.54) is 6.20 Å². The Bertz CT molecular complexity index is 3530. The first kappa shape index (κ1) is 30.7. The number of hydrogen-bond donors (Lipinski definition) is 0. The first-order valence-electron chi connectivity index (χ1n) is 20.9. The minimum Gasteiger partial charge on any atom is -0.457 e. The van der Waals surface area contributed by atoms with Gasteiger partial charge >= 0.3 is 0 Å². The lowest BCUT2D eigenvalue weighted by Crippen LogP contribution is -2.03. The number of pyridine rings is 2. The highest BCUT2D eigenvalue weighted by atomic mass is 16.5. The highest BCUT2D eigenvalue weighted by Gasteiger charge is 2.19. The van der Waals surface area contributed by atoms with E-state index < -0.39 is 6.85 Å². The van der Waals surface area contributed by atoms with Crippen LogP contribution in [0.4, 0.5) is 0 Å². The smallest absolute Gasteiger partial charge is 0.254 e. The van der Waals surface area contributed by atoms with Crippen molar-refractivity contribution in [3.63, 3.8) is 0 Å². The summed E-state index contributed by atoms with van der Waals surface area (Å²) in [5.41, 5.74) is 5.19. The third kappa shape index (κ3) is 5.39. The van der Waals surface area contributed by atoms with Crippen LogP contribution < -0.4 is 9.47 Å². The largest absolute Gasteiger partial charge is 0.457 e. The van der Waals surface area contributed by atoms with Gasteiger partial charge in [0.2, 0.25) is 0 Å². The van der Waals surface area contributed by atoms with Crippen LogP contribution in [-0.4, -0.2) is 38.9 Å². The molecule has 60 heavy (non-hydrogen) atoms. The first-order chi connectivity index (χ1) is 30.9. The van der Waals surface area contributed by atoms with Crippen LogP contribution in [0, 0.1) is 6.85 Å². The molecule has 10 nitrogen and oxygen atoms in total. The maximum atomic E-state index is 8.11. The summed E-state index contributed by atoms with van der Waals surface area (Å²) in [6, 6.07) is 52.0.